The van der Waals surface area contributed by atoms with Crippen LogP contribution in [0, 0.1) is 0 Å². The summed E-state index contributed by atoms with van der Waals surface area (Å²) in [6.07, 6.45) is 0.733. The lowest BCUT2D eigenvalue weighted by atomic mass is 10.1. The number of carbonyl (C=O) groups excluding carboxylic acids is 1. The van der Waals surface area contributed by atoms with Gasteiger partial charge in [0.1, 0.15) is 5.82 Å². The van der Waals surface area contributed by atoms with Crippen molar-refractivity contribution in [2.24, 2.45) is 7.05 Å². The Kier molecular flexibility index (Phi) is 5.88. The first-order chi connectivity index (χ1) is 12.1. The topological polar surface area (TPSA) is 51.0 Å². The Hall–Kier alpha value is -2.12. The standard InChI is InChI=1S/C18H20N4OS2/c1-21(11-15-8-9-24-12-15)17(23)13-25-18-20-19-16(22(18)2)10-14-6-4-3-5-7-14/h3-9,12H,10-11,13H2,1-2H3. The van der Waals surface area contributed by atoms with Crippen LogP contribution in [0.1, 0.15) is 17.0 Å². The SMILES string of the molecule is CN(Cc1ccsc1)C(=O)CSc1nnc(Cc2ccccc2)n1C. The summed E-state index contributed by atoms with van der Waals surface area (Å²) >= 11 is 3.07. The van der Waals surface area contributed by atoms with Crippen molar-refractivity contribution < 1.29 is 4.79 Å². The molecule has 7 heteroatoms. The van der Waals surface area contributed by atoms with Crippen LogP contribution in [0.25, 0.3) is 0 Å². The molecule has 0 bridgehead atoms. The average Bonchev–Trinajstić information content (AvgIpc) is 3.25. The molecule has 0 aliphatic carbocycles. The van der Waals surface area contributed by atoms with Crippen molar-refractivity contribution >= 4 is 29.0 Å². The second-order valence-corrected chi connectivity index (χ2v) is 7.51. The molecule has 5 nitrogen and oxygen atoms in total. The van der Waals surface area contributed by atoms with Gasteiger partial charge in [0.25, 0.3) is 0 Å². The molecule has 0 saturated carbocycles. The van der Waals surface area contributed by atoms with Crippen LogP contribution in [0.4, 0.5) is 0 Å². The van der Waals surface area contributed by atoms with Gasteiger partial charge in [-0.25, -0.2) is 0 Å². The molecule has 0 aliphatic heterocycles. The highest BCUT2D eigenvalue weighted by molar-refractivity contribution is 7.99. The van der Waals surface area contributed by atoms with Crippen LogP contribution < -0.4 is 0 Å². The van der Waals surface area contributed by atoms with Crippen molar-refractivity contribution in [3.05, 3.63) is 64.1 Å². The molecule has 0 saturated heterocycles. The van der Waals surface area contributed by atoms with Crippen LogP contribution in [0.2, 0.25) is 0 Å². The second-order valence-electron chi connectivity index (χ2n) is 5.79. The first kappa shape index (κ1) is 17.7. The van der Waals surface area contributed by atoms with Gasteiger partial charge in [-0.2, -0.15) is 11.3 Å². The maximum atomic E-state index is 12.3. The fourth-order valence-corrected chi connectivity index (χ4v) is 3.91. The smallest absolute Gasteiger partial charge is 0.233 e. The summed E-state index contributed by atoms with van der Waals surface area (Å²) in [5.41, 5.74) is 2.36. The quantitative estimate of drug-likeness (QED) is 0.598. The van der Waals surface area contributed by atoms with E-state index in [2.05, 4.69) is 27.7 Å². The lowest BCUT2D eigenvalue weighted by molar-refractivity contribution is -0.127. The van der Waals surface area contributed by atoms with Crippen LogP contribution in [-0.2, 0) is 24.8 Å². The molecule has 2 heterocycles. The molecule has 1 amide bonds. The molecule has 25 heavy (non-hydrogen) atoms. The normalized spacial score (nSPS) is 10.8. The van der Waals surface area contributed by atoms with Gasteiger partial charge in [-0.3, -0.25) is 4.79 Å². The van der Waals surface area contributed by atoms with Gasteiger partial charge < -0.3 is 9.47 Å². The fraction of sp³-hybridized carbons (Fsp3) is 0.278. The minimum Gasteiger partial charge on any atom is -0.341 e. The van der Waals surface area contributed by atoms with E-state index in [9.17, 15) is 4.79 Å². The third-order valence-electron chi connectivity index (χ3n) is 3.88. The van der Waals surface area contributed by atoms with Crippen molar-refractivity contribution in [3.8, 4) is 0 Å². The molecule has 0 N–H and O–H groups in total. The lowest BCUT2D eigenvalue weighted by Gasteiger charge is -2.16. The van der Waals surface area contributed by atoms with Gasteiger partial charge in [-0.05, 0) is 28.0 Å². The molecule has 3 rings (SSSR count). The molecule has 0 unspecified atom stereocenters. The lowest BCUT2D eigenvalue weighted by Crippen LogP contribution is -2.27. The van der Waals surface area contributed by atoms with Crippen LogP contribution in [0.5, 0.6) is 0 Å². The number of benzene rings is 1. The Morgan fingerprint density at radius 3 is 2.72 bits per heavy atom. The highest BCUT2D eigenvalue weighted by Crippen LogP contribution is 2.18. The number of hydrogen-bond donors (Lipinski definition) is 0. The molecule has 0 radical (unpaired) electrons. The van der Waals surface area contributed by atoms with Crippen molar-refractivity contribution in [1.82, 2.24) is 19.7 Å². The van der Waals surface area contributed by atoms with Crippen molar-refractivity contribution in [2.45, 2.75) is 18.1 Å². The zero-order chi connectivity index (χ0) is 17.6. The highest BCUT2D eigenvalue weighted by atomic mass is 32.2. The van der Waals surface area contributed by atoms with Gasteiger partial charge in [-0.15, -0.1) is 10.2 Å². The van der Waals surface area contributed by atoms with E-state index in [1.807, 2.05) is 48.3 Å². The van der Waals surface area contributed by atoms with Gasteiger partial charge in [0.05, 0.1) is 5.75 Å². The van der Waals surface area contributed by atoms with E-state index in [1.54, 1.807) is 16.2 Å². The molecular weight excluding hydrogens is 352 g/mol. The molecule has 0 aliphatic rings. The number of thiophene rings is 1. The Labute approximate surface area is 155 Å². The van der Waals surface area contributed by atoms with Gasteiger partial charge in [0.2, 0.25) is 5.91 Å². The van der Waals surface area contributed by atoms with Crippen molar-refractivity contribution in [2.75, 3.05) is 12.8 Å². The second kappa shape index (κ2) is 8.31. The fourth-order valence-electron chi connectivity index (χ4n) is 2.38. The number of hydrogen-bond acceptors (Lipinski definition) is 5. The predicted molar refractivity (Wildman–Crippen MR) is 102 cm³/mol. The van der Waals surface area contributed by atoms with E-state index in [0.717, 1.165) is 23.0 Å². The molecular formula is C18H20N4OS2. The van der Waals surface area contributed by atoms with E-state index in [0.29, 0.717) is 12.3 Å². The molecule has 2 aromatic heterocycles. The predicted octanol–water partition coefficient (Wildman–Crippen LogP) is 3.22. The minimum absolute atomic E-state index is 0.0869. The maximum absolute atomic E-state index is 12.3. The van der Waals surface area contributed by atoms with Crippen LogP contribution >= 0.6 is 23.1 Å². The van der Waals surface area contributed by atoms with Crippen LogP contribution in [0.15, 0.2) is 52.3 Å². The Morgan fingerprint density at radius 1 is 1.20 bits per heavy atom. The molecule has 3 aromatic rings. The number of nitrogens with zero attached hydrogens (tertiary/aromatic N) is 4. The summed E-state index contributed by atoms with van der Waals surface area (Å²) in [5, 5.41) is 13.3. The minimum atomic E-state index is 0.0869. The van der Waals surface area contributed by atoms with E-state index in [1.165, 1.54) is 17.3 Å². The summed E-state index contributed by atoms with van der Waals surface area (Å²) < 4.78 is 1.96. The third-order valence-corrected chi connectivity index (χ3v) is 5.62. The Bertz CT molecular complexity index is 815. The van der Waals surface area contributed by atoms with E-state index in [-0.39, 0.29) is 5.91 Å². The number of carbonyl (C=O) groups is 1. The molecule has 1 aromatic carbocycles. The number of amides is 1. The molecule has 0 fully saturated rings. The number of aromatic nitrogens is 3. The van der Waals surface area contributed by atoms with Gasteiger partial charge in [0.15, 0.2) is 5.16 Å². The summed E-state index contributed by atoms with van der Waals surface area (Å²) in [6, 6.07) is 12.2. The van der Waals surface area contributed by atoms with Crippen LogP contribution in [-0.4, -0.2) is 38.4 Å². The van der Waals surface area contributed by atoms with E-state index >= 15 is 0 Å². The van der Waals surface area contributed by atoms with Crippen LogP contribution in [0.3, 0.4) is 0 Å². The highest BCUT2D eigenvalue weighted by Gasteiger charge is 2.14. The summed E-state index contributed by atoms with van der Waals surface area (Å²) in [4.78, 5) is 14.0. The zero-order valence-corrected chi connectivity index (χ0v) is 15.9. The van der Waals surface area contributed by atoms with E-state index in [4.69, 9.17) is 0 Å². The summed E-state index contributed by atoms with van der Waals surface area (Å²) in [7, 11) is 3.78. The average molecular weight is 373 g/mol. The molecule has 130 valence electrons. The van der Waals surface area contributed by atoms with Gasteiger partial charge in [-0.1, -0.05) is 42.1 Å². The van der Waals surface area contributed by atoms with Crippen molar-refractivity contribution in [1.29, 1.82) is 0 Å². The maximum Gasteiger partial charge on any atom is 0.233 e. The molecule has 0 atom stereocenters. The third kappa shape index (κ3) is 4.70. The summed E-state index contributed by atoms with van der Waals surface area (Å²) in [5.74, 6) is 1.34. The zero-order valence-electron chi connectivity index (χ0n) is 14.3. The Morgan fingerprint density at radius 2 is 2.00 bits per heavy atom. The van der Waals surface area contributed by atoms with E-state index < -0.39 is 0 Å². The first-order valence-corrected chi connectivity index (χ1v) is 9.86. The summed E-state index contributed by atoms with van der Waals surface area (Å²) in [6.45, 7) is 0.640. The number of rotatable bonds is 7. The first-order valence-electron chi connectivity index (χ1n) is 7.93. The Balaban J connectivity index is 1.55. The van der Waals surface area contributed by atoms with Gasteiger partial charge >= 0.3 is 0 Å². The number of thioether (sulfide) groups is 1. The molecule has 0 spiro atoms. The monoisotopic (exact) mass is 372 g/mol. The van der Waals surface area contributed by atoms with Crippen molar-refractivity contribution in [3.63, 3.8) is 0 Å². The van der Waals surface area contributed by atoms with Gasteiger partial charge in [0, 0.05) is 27.1 Å². The largest absolute Gasteiger partial charge is 0.341 e.